The van der Waals surface area contributed by atoms with Gasteiger partial charge in [-0.05, 0) is 19.1 Å². The Balaban J connectivity index is 1.66. The van der Waals surface area contributed by atoms with Crippen LogP contribution in [0.1, 0.15) is 6.92 Å². The summed E-state index contributed by atoms with van der Waals surface area (Å²) in [5.74, 6) is 1.21. The van der Waals surface area contributed by atoms with Crippen LogP contribution in [0.2, 0.25) is 0 Å². The summed E-state index contributed by atoms with van der Waals surface area (Å²) in [6, 6.07) is 8.98. The second kappa shape index (κ2) is 10.8. The van der Waals surface area contributed by atoms with Gasteiger partial charge in [0, 0.05) is 42.1 Å². The third-order valence-corrected chi connectivity index (χ3v) is 4.70. The molecular formula is C20H25NO5S. The highest BCUT2D eigenvalue weighted by Crippen LogP contribution is 2.23. The van der Waals surface area contributed by atoms with E-state index in [1.165, 1.54) is 6.07 Å². The zero-order chi connectivity index (χ0) is 19.6. The molecule has 1 aromatic heterocycles. The van der Waals surface area contributed by atoms with Crippen molar-refractivity contribution in [1.82, 2.24) is 0 Å². The van der Waals surface area contributed by atoms with Crippen molar-refractivity contribution in [3.05, 3.63) is 52.9 Å². The summed E-state index contributed by atoms with van der Waals surface area (Å²) in [5.41, 5.74) is 1.47. The number of anilines is 1. The molecule has 2 aromatic rings. The Hall–Kier alpha value is -2.25. The topological polar surface area (TPSA) is 69.0 Å². The Labute approximate surface area is 163 Å². The van der Waals surface area contributed by atoms with Crippen molar-refractivity contribution in [1.29, 1.82) is 0 Å². The summed E-state index contributed by atoms with van der Waals surface area (Å²) >= 11 is 1.67. The minimum atomic E-state index is -0.361. The Morgan fingerprint density at radius 1 is 1.22 bits per heavy atom. The third-order valence-electron chi connectivity index (χ3n) is 3.79. The summed E-state index contributed by atoms with van der Waals surface area (Å²) < 4.78 is 15.9. The van der Waals surface area contributed by atoms with Gasteiger partial charge in [-0.3, -0.25) is 0 Å². The molecule has 1 heterocycles. The Kier molecular flexibility index (Phi) is 8.42. The van der Waals surface area contributed by atoms with Crippen molar-refractivity contribution in [3.63, 3.8) is 0 Å². The van der Waals surface area contributed by atoms with Crippen molar-refractivity contribution in [2.24, 2.45) is 0 Å². The van der Waals surface area contributed by atoms with E-state index in [0.717, 1.165) is 22.6 Å². The van der Waals surface area contributed by atoms with E-state index < -0.39 is 0 Å². The monoisotopic (exact) mass is 391 g/mol. The van der Waals surface area contributed by atoms with Crippen LogP contribution in [0.15, 0.2) is 51.7 Å². The quantitative estimate of drug-likeness (QED) is 0.252. The SMILES string of the molecule is C=C(C)C(=O)OCCSCCOCCN(C)c1cc(=O)oc2ccccc12. The number of hydrogen-bond donors (Lipinski definition) is 0. The van der Waals surface area contributed by atoms with Crippen LogP contribution in [-0.2, 0) is 14.3 Å². The molecule has 7 heteroatoms. The molecule has 0 fully saturated rings. The molecule has 2 rings (SSSR count). The molecule has 27 heavy (non-hydrogen) atoms. The number of thioether (sulfide) groups is 1. The van der Waals surface area contributed by atoms with Crippen LogP contribution in [0.5, 0.6) is 0 Å². The van der Waals surface area contributed by atoms with E-state index in [-0.39, 0.29) is 11.6 Å². The number of carbonyl (C=O) groups excluding carboxylic acids is 1. The molecule has 0 aliphatic heterocycles. The molecule has 146 valence electrons. The van der Waals surface area contributed by atoms with E-state index in [4.69, 9.17) is 13.9 Å². The van der Waals surface area contributed by atoms with Gasteiger partial charge in [0.25, 0.3) is 0 Å². The molecule has 1 aromatic carbocycles. The first-order valence-electron chi connectivity index (χ1n) is 8.71. The third kappa shape index (κ3) is 6.77. The van der Waals surface area contributed by atoms with Crippen molar-refractivity contribution in [2.45, 2.75) is 6.92 Å². The molecule has 0 aliphatic carbocycles. The fourth-order valence-electron chi connectivity index (χ4n) is 2.37. The zero-order valence-corrected chi connectivity index (χ0v) is 16.5. The molecule has 0 spiro atoms. The van der Waals surface area contributed by atoms with E-state index in [0.29, 0.717) is 37.5 Å². The number of ether oxygens (including phenoxy) is 2. The molecule has 0 unspecified atom stereocenters. The number of benzene rings is 1. The number of carbonyl (C=O) groups is 1. The largest absolute Gasteiger partial charge is 0.461 e. The lowest BCUT2D eigenvalue weighted by molar-refractivity contribution is -0.138. The highest BCUT2D eigenvalue weighted by atomic mass is 32.2. The van der Waals surface area contributed by atoms with Gasteiger partial charge >= 0.3 is 11.6 Å². The smallest absolute Gasteiger partial charge is 0.338 e. The Morgan fingerprint density at radius 2 is 1.96 bits per heavy atom. The van der Waals surface area contributed by atoms with E-state index in [2.05, 4.69) is 6.58 Å². The van der Waals surface area contributed by atoms with Crippen LogP contribution < -0.4 is 10.5 Å². The summed E-state index contributed by atoms with van der Waals surface area (Å²) in [4.78, 5) is 24.9. The van der Waals surface area contributed by atoms with Gasteiger partial charge in [0.05, 0.1) is 18.9 Å². The van der Waals surface area contributed by atoms with Crippen molar-refractivity contribution >= 4 is 34.4 Å². The van der Waals surface area contributed by atoms with Gasteiger partial charge in [0.1, 0.15) is 12.2 Å². The summed E-state index contributed by atoms with van der Waals surface area (Å²) in [6.45, 7) is 7.37. The summed E-state index contributed by atoms with van der Waals surface area (Å²) in [5, 5.41) is 0.902. The minimum absolute atomic E-state index is 0.350. The Morgan fingerprint density at radius 3 is 2.74 bits per heavy atom. The first-order valence-corrected chi connectivity index (χ1v) is 9.86. The van der Waals surface area contributed by atoms with Crippen LogP contribution in [0.25, 0.3) is 11.0 Å². The summed E-state index contributed by atoms with van der Waals surface area (Å²) in [6.07, 6.45) is 0. The average Bonchev–Trinajstić information content (AvgIpc) is 2.65. The van der Waals surface area contributed by atoms with Gasteiger partial charge in [-0.2, -0.15) is 11.8 Å². The van der Waals surface area contributed by atoms with Gasteiger partial charge < -0.3 is 18.8 Å². The van der Waals surface area contributed by atoms with E-state index in [1.54, 1.807) is 24.8 Å². The van der Waals surface area contributed by atoms with Crippen LogP contribution in [-0.4, -0.2) is 50.9 Å². The van der Waals surface area contributed by atoms with Crippen LogP contribution in [0.3, 0.4) is 0 Å². The van der Waals surface area contributed by atoms with Gasteiger partial charge in [0.15, 0.2) is 0 Å². The van der Waals surface area contributed by atoms with Gasteiger partial charge in [-0.15, -0.1) is 0 Å². The zero-order valence-electron chi connectivity index (χ0n) is 15.7. The molecule has 6 nitrogen and oxygen atoms in total. The van der Waals surface area contributed by atoms with Gasteiger partial charge in [-0.25, -0.2) is 9.59 Å². The molecule has 0 aliphatic rings. The maximum absolute atomic E-state index is 11.7. The van der Waals surface area contributed by atoms with Crippen LogP contribution >= 0.6 is 11.8 Å². The standard InChI is InChI=1S/C20H25NO5S/c1-15(2)20(23)25-11-13-27-12-10-24-9-8-21(3)17-14-19(22)26-18-7-5-4-6-16(17)18/h4-7,14H,1,8-13H2,2-3H3. The van der Waals surface area contributed by atoms with E-state index >= 15 is 0 Å². The number of hydrogen-bond acceptors (Lipinski definition) is 7. The lowest BCUT2D eigenvalue weighted by Gasteiger charge is -2.20. The van der Waals surface area contributed by atoms with Crippen molar-refractivity contribution in [3.8, 4) is 0 Å². The maximum Gasteiger partial charge on any atom is 0.338 e. The average molecular weight is 391 g/mol. The lowest BCUT2D eigenvalue weighted by Crippen LogP contribution is -2.24. The molecule has 0 radical (unpaired) electrons. The van der Waals surface area contributed by atoms with Gasteiger partial charge in [-0.1, -0.05) is 18.7 Å². The molecule has 0 saturated carbocycles. The van der Waals surface area contributed by atoms with Crippen molar-refractivity contribution in [2.75, 3.05) is 49.8 Å². The van der Waals surface area contributed by atoms with E-state index in [9.17, 15) is 9.59 Å². The maximum atomic E-state index is 11.7. The number of fused-ring (bicyclic) bond motifs is 1. The van der Waals surface area contributed by atoms with Crippen LogP contribution in [0.4, 0.5) is 5.69 Å². The second-order valence-electron chi connectivity index (χ2n) is 6.01. The lowest BCUT2D eigenvalue weighted by atomic mass is 10.2. The molecule has 0 atom stereocenters. The van der Waals surface area contributed by atoms with Crippen LogP contribution in [0, 0.1) is 0 Å². The molecule has 0 bridgehead atoms. The first-order chi connectivity index (χ1) is 13.0. The fraction of sp³-hybridized carbons (Fsp3) is 0.400. The Bertz CT molecular complexity index is 832. The normalized spacial score (nSPS) is 10.7. The molecular weight excluding hydrogens is 366 g/mol. The fourth-order valence-corrected chi connectivity index (χ4v) is 3.01. The first kappa shape index (κ1) is 21.1. The predicted octanol–water partition coefficient (Wildman–Crippen LogP) is 3.10. The number of para-hydroxylation sites is 1. The van der Waals surface area contributed by atoms with Crippen molar-refractivity contribution < 1.29 is 18.7 Å². The number of rotatable bonds is 11. The molecule has 0 amide bonds. The molecule has 0 saturated heterocycles. The highest BCUT2D eigenvalue weighted by molar-refractivity contribution is 7.99. The predicted molar refractivity (Wildman–Crippen MR) is 110 cm³/mol. The van der Waals surface area contributed by atoms with Gasteiger partial charge in [0.2, 0.25) is 0 Å². The second-order valence-corrected chi connectivity index (χ2v) is 7.23. The number of nitrogens with zero attached hydrogens (tertiary/aromatic N) is 1. The van der Waals surface area contributed by atoms with E-state index in [1.807, 2.05) is 30.1 Å². The summed E-state index contributed by atoms with van der Waals surface area (Å²) in [7, 11) is 1.93. The number of esters is 1. The molecule has 0 N–H and O–H groups in total. The minimum Gasteiger partial charge on any atom is -0.461 e. The highest BCUT2D eigenvalue weighted by Gasteiger charge is 2.09. The number of likely N-dealkylation sites (N-methyl/N-ethyl adjacent to an activating group) is 1.